The molecule has 0 radical (unpaired) electrons. The molecule has 2 heterocycles. The summed E-state index contributed by atoms with van der Waals surface area (Å²) in [6, 6.07) is 6.97. The summed E-state index contributed by atoms with van der Waals surface area (Å²) in [5.74, 6) is -0.866. The predicted molar refractivity (Wildman–Crippen MR) is 118 cm³/mol. The fraction of sp³-hybridized carbons (Fsp3) is 0.333. The van der Waals surface area contributed by atoms with Crippen LogP contribution in [0.15, 0.2) is 36.4 Å². The molecule has 1 atom stereocenters. The van der Waals surface area contributed by atoms with Crippen LogP contribution in [0.3, 0.4) is 0 Å². The van der Waals surface area contributed by atoms with Crippen LogP contribution in [0.4, 0.5) is 29.1 Å². The molecule has 34 heavy (non-hydrogen) atoms. The lowest BCUT2D eigenvalue weighted by Gasteiger charge is -2.25. The van der Waals surface area contributed by atoms with E-state index in [4.69, 9.17) is 10.5 Å². The molecule has 0 spiro atoms. The summed E-state index contributed by atoms with van der Waals surface area (Å²) >= 11 is 0. The zero-order valence-electron chi connectivity index (χ0n) is 18.2. The van der Waals surface area contributed by atoms with Crippen molar-refractivity contribution in [1.82, 2.24) is 9.99 Å². The lowest BCUT2D eigenvalue weighted by Crippen LogP contribution is -2.38. The summed E-state index contributed by atoms with van der Waals surface area (Å²) in [5, 5.41) is 1.84. The molecule has 1 aliphatic heterocycles. The first-order valence-electron chi connectivity index (χ1n) is 10.9. The maximum atomic E-state index is 15.1. The number of nitrogens with two attached hydrogens (primary N) is 1. The normalized spacial score (nSPS) is 17.6. The Morgan fingerprint density at radius 2 is 1.94 bits per heavy atom. The molecule has 2 aliphatic rings. The van der Waals surface area contributed by atoms with Gasteiger partial charge in [-0.1, -0.05) is 0 Å². The Labute approximate surface area is 192 Å². The minimum Gasteiger partial charge on any atom is -0.383 e. The number of amides is 1. The Bertz CT molecular complexity index is 1270. The molecule has 0 unspecified atom stereocenters. The number of carbonyl (C=O) groups excluding carboxylic acids is 1. The number of alkyl halides is 3. The standard InChI is InChI=1S/C24H22F4N4O2/c1-12-21-18(11-34-12)16-8-17(19(25)9-20(16)30-22(21)29)23(33)32(10-13-2-3-13)31-15-6-4-14(5-7-15)24(26,27)28/h4-9,12-13,31H,2-3,10-11H2,1H3,(H2,29,30)/t12-/m1/s1. The predicted octanol–water partition coefficient (Wildman–Crippen LogP) is 5.45. The van der Waals surface area contributed by atoms with Crippen LogP contribution in [0, 0.1) is 11.7 Å². The van der Waals surface area contributed by atoms with Crippen LogP contribution in [-0.4, -0.2) is 22.4 Å². The number of pyridine rings is 1. The van der Waals surface area contributed by atoms with Gasteiger partial charge in [0.2, 0.25) is 0 Å². The van der Waals surface area contributed by atoms with E-state index in [9.17, 15) is 18.0 Å². The average molecular weight is 474 g/mol. The van der Waals surface area contributed by atoms with Crippen molar-refractivity contribution in [2.24, 2.45) is 5.92 Å². The number of ether oxygens (including phenoxy) is 1. The van der Waals surface area contributed by atoms with Gasteiger partial charge in [-0.15, -0.1) is 0 Å². The number of halogens is 4. The second-order valence-electron chi connectivity index (χ2n) is 8.74. The molecule has 1 aliphatic carbocycles. The number of carbonyl (C=O) groups is 1. The third kappa shape index (κ3) is 4.13. The van der Waals surface area contributed by atoms with Crippen LogP contribution in [0.25, 0.3) is 10.9 Å². The van der Waals surface area contributed by atoms with Gasteiger partial charge >= 0.3 is 6.18 Å². The van der Waals surface area contributed by atoms with Gasteiger partial charge in [-0.3, -0.25) is 15.2 Å². The quantitative estimate of drug-likeness (QED) is 0.380. The molecular weight excluding hydrogens is 452 g/mol. The molecule has 1 aromatic heterocycles. The van der Waals surface area contributed by atoms with Gasteiger partial charge in [0.05, 0.1) is 35.0 Å². The van der Waals surface area contributed by atoms with E-state index in [-0.39, 0.29) is 30.0 Å². The molecule has 3 aromatic rings. The fourth-order valence-electron chi connectivity index (χ4n) is 4.22. The number of anilines is 2. The first-order chi connectivity index (χ1) is 16.1. The summed E-state index contributed by atoms with van der Waals surface area (Å²) in [6.07, 6.45) is -2.88. The molecular formula is C24H22F4N4O2. The van der Waals surface area contributed by atoms with Gasteiger partial charge in [0.25, 0.3) is 5.91 Å². The number of rotatable bonds is 5. The molecule has 178 valence electrons. The number of nitrogen functional groups attached to an aromatic ring is 1. The highest BCUT2D eigenvalue weighted by Crippen LogP contribution is 2.39. The van der Waals surface area contributed by atoms with E-state index in [2.05, 4.69) is 10.4 Å². The van der Waals surface area contributed by atoms with Gasteiger partial charge in [0.1, 0.15) is 11.6 Å². The summed E-state index contributed by atoms with van der Waals surface area (Å²) in [5.41, 5.74) is 10.1. The van der Waals surface area contributed by atoms with Crippen LogP contribution >= 0.6 is 0 Å². The van der Waals surface area contributed by atoms with Crippen molar-refractivity contribution in [3.63, 3.8) is 0 Å². The van der Waals surface area contributed by atoms with Crippen LogP contribution in [0.5, 0.6) is 0 Å². The largest absolute Gasteiger partial charge is 0.416 e. The van der Waals surface area contributed by atoms with Crippen LogP contribution in [0.1, 0.15) is 52.9 Å². The Kier molecular flexibility index (Phi) is 5.35. The molecule has 1 fully saturated rings. The van der Waals surface area contributed by atoms with Crippen molar-refractivity contribution in [3.8, 4) is 0 Å². The first-order valence-corrected chi connectivity index (χ1v) is 10.9. The van der Waals surface area contributed by atoms with Crippen LogP contribution in [-0.2, 0) is 17.5 Å². The summed E-state index contributed by atoms with van der Waals surface area (Å²) in [4.78, 5) is 17.7. The van der Waals surface area contributed by atoms with Crippen molar-refractivity contribution in [2.45, 2.75) is 38.7 Å². The summed E-state index contributed by atoms with van der Waals surface area (Å²) < 4.78 is 59.4. The number of hydrazine groups is 1. The van der Waals surface area contributed by atoms with Crippen molar-refractivity contribution in [1.29, 1.82) is 0 Å². The van der Waals surface area contributed by atoms with Gasteiger partial charge in [0.15, 0.2) is 0 Å². The second-order valence-corrected chi connectivity index (χ2v) is 8.74. The topological polar surface area (TPSA) is 80.5 Å². The highest BCUT2D eigenvalue weighted by Gasteiger charge is 2.32. The van der Waals surface area contributed by atoms with E-state index in [1.807, 2.05) is 6.92 Å². The van der Waals surface area contributed by atoms with Gasteiger partial charge < -0.3 is 10.5 Å². The van der Waals surface area contributed by atoms with Crippen molar-refractivity contribution < 1.29 is 27.1 Å². The van der Waals surface area contributed by atoms with Gasteiger partial charge in [-0.25, -0.2) is 9.37 Å². The average Bonchev–Trinajstić information content (AvgIpc) is 3.51. The Balaban J connectivity index is 1.49. The van der Waals surface area contributed by atoms with Crippen molar-refractivity contribution >= 4 is 28.3 Å². The number of benzene rings is 2. The van der Waals surface area contributed by atoms with E-state index in [1.165, 1.54) is 29.3 Å². The minimum atomic E-state index is -4.46. The highest BCUT2D eigenvalue weighted by molar-refractivity contribution is 6.00. The maximum absolute atomic E-state index is 15.1. The molecule has 3 N–H and O–H groups in total. The second kappa shape index (κ2) is 8.12. The maximum Gasteiger partial charge on any atom is 0.416 e. The molecule has 1 saturated carbocycles. The highest BCUT2D eigenvalue weighted by atomic mass is 19.4. The lowest BCUT2D eigenvalue weighted by molar-refractivity contribution is -0.137. The third-order valence-corrected chi connectivity index (χ3v) is 6.23. The van der Waals surface area contributed by atoms with E-state index in [0.29, 0.717) is 23.1 Å². The van der Waals surface area contributed by atoms with E-state index < -0.39 is 23.5 Å². The number of hydrogen-bond donors (Lipinski definition) is 2. The summed E-state index contributed by atoms with van der Waals surface area (Å²) in [6.45, 7) is 2.42. The van der Waals surface area contributed by atoms with Gasteiger partial charge in [-0.2, -0.15) is 13.2 Å². The molecule has 0 bridgehead atoms. The molecule has 6 nitrogen and oxygen atoms in total. The van der Waals surface area contributed by atoms with Crippen molar-refractivity contribution in [3.05, 3.63) is 64.5 Å². The number of hydrogen-bond acceptors (Lipinski definition) is 5. The zero-order valence-corrected chi connectivity index (χ0v) is 18.2. The lowest BCUT2D eigenvalue weighted by atomic mass is 9.99. The van der Waals surface area contributed by atoms with Crippen LogP contribution in [0.2, 0.25) is 0 Å². The van der Waals surface area contributed by atoms with E-state index in [0.717, 1.165) is 36.1 Å². The minimum absolute atomic E-state index is 0.166. The first kappa shape index (κ1) is 22.4. The smallest absolute Gasteiger partial charge is 0.383 e. The molecule has 2 aromatic carbocycles. The fourth-order valence-corrected chi connectivity index (χ4v) is 4.22. The van der Waals surface area contributed by atoms with Gasteiger partial charge in [0, 0.05) is 23.6 Å². The zero-order chi connectivity index (χ0) is 24.2. The number of aromatic nitrogens is 1. The molecule has 5 rings (SSSR count). The Morgan fingerprint density at radius 3 is 2.59 bits per heavy atom. The van der Waals surface area contributed by atoms with Gasteiger partial charge in [-0.05, 0) is 61.6 Å². The van der Waals surface area contributed by atoms with Crippen LogP contribution < -0.4 is 11.2 Å². The molecule has 10 heteroatoms. The third-order valence-electron chi connectivity index (χ3n) is 6.23. The number of nitrogens with one attached hydrogen (secondary N) is 1. The molecule has 0 saturated heterocycles. The van der Waals surface area contributed by atoms with Crippen molar-refractivity contribution in [2.75, 3.05) is 17.7 Å². The number of fused-ring (bicyclic) bond motifs is 3. The Hall–Kier alpha value is -3.40. The van der Waals surface area contributed by atoms with E-state index >= 15 is 4.39 Å². The molecule has 1 amide bonds. The number of nitrogens with zero attached hydrogens (tertiary/aromatic N) is 2. The summed E-state index contributed by atoms with van der Waals surface area (Å²) in [7, 11) is 0. The monoisotopic (exact) mass is 474 g/mol. The SMILES string of the molecule is C[C@H]1OCc2c1c(N)nc1cc(F)c(C(=O)N(CC3CC3)Nc3ccc(C(F)(F)F)cc3)cc21. The van der Waals surface area contributed by atoms with E-state index in [1.54, 1.807) is 0 Å². The Morgan fingerprint density at radius 1 is 1.24 bits per heavy atom.